The SMILES string of the molecule is CCOC1CC(N)C1NC(=O)N1CCOCC1. The number of urea groups is 1. The lowest BCUT2D eigenvalue weighted by molar-refractivity contribution is -0.0309. The summed E-state index contributed by atoms with van der Waals surface area (Å²) in [5.74, 6) is 0. The van der Waals surface area contributed by atoms with Crippen LogP contribution >= 0.6 is 0 Å². The van der Waals surface area contributed by atoms with E-state index in [1.807, 2.05) is 6.92 Å². The van der Waals surface area contributed by atoms with Crippen molar-refractivity contribution in [1.29, 1.82) is 0 Å². The van der Waals surface area contributed by atoms with Crippen molar-refractivity contribution in [2.24, 2.45) is 5.73 Å². The van der Waals surface area contributed by atoms with Gasteiger partial charge in [0, 0.05) is 25.7 Å². The molecule has 1 aliphatic carbocycles. The van der Waals surface area contributed by atoms with Crippen LogP contribution in [0.25, 0.3) is 0 Å². The molecule has 6 nitrogen and oxygen atoms in total. The number of nitrogens with zero attached hydrogens (tertiary/aromatic N) is 1. The van der Waals surface area contributed by atoms with Crippen LogP contribution in [0.3, 0.4) is 0 Å². The number of hydrogen-bond acceptors (Lipinski definition) is 4. The van der Waals surface area contributed by atoms with Gasteiger partial charge in [0.2, 0.25) is 0 Å². The van der Waals surface area contributed by atoms with E-state index in [0.717, 1.165) is 6.42 Å². The van der Waals surface area contributed by atoms with Crippen LogP contribution in [0.1, 0.15) is 13.3 Å². The van der Waals surface area contributed by atoms with Gasteiger partial charge >= 0.3 is 6.03 Å². The number of carbonyl (C=O) groups is 1. The molecule has 0 aromatic heterocycles. The van der Waals surface area contributed by atoms with Gasteiger partial charge in [-0.15, -0.1) is 0 Å². The lowest BCUT2D eigenvalue weighted by Crippen LogP contribution is -2.66. The second kappa shape index (κ2) is 5.66. The maximum atomic E-state index is 11.9. The molecule has 0 bridgehead atoms. The van der Waals surface area contributed by atoms with Crippen molar-refractivity contribution in [3.63, 3.8) is 0 Å². The van der Waals surface area contributed by atoms with Crippen molar-refractivity contribution in [2.75, 3.05) is 32.9 Å². The number of amides is 2. The van der Waals surface area contributed by atoms with Gasteiger partial charge in [-0.05, 0) is 13.3 Å². The minimum absolute atomic E-state index is 0.0107. The Bertz CT molecular complexity index is 267. The van der Waals surface area contributed by atoms with Crippen molar-refractivity contribution in [3.8, 4) is 0 Å². The van der Waals surface area contributed by atoms with E-state index in [2.05, 4.69) is 5.32 Å². The summed E-state index contributed by atoms with van der Waals surface area (Å²) in [7, 11) is 0. The van der Waals surface area contributed by atoms with Crippen molar-refractivity contribution in [1.82, 2.24) is 10.2 Å². The van der Waals surface area contributed by atoms with Gasteiger partial charge in [-0.3, -0.25) is 0 Å². The highest BCUT2D eigenvalue weighted by molar-refractivity contribution is 5.75. The van der Waals surface area contributed by atoms with E-state index < -0.39 is 0 Å². The van der Waals surface area contributed by atoms with Crippen molar-refractivity contribution < 1.29 is 14.3 Å². The van der Waals surface area contributed by atoms with Crippen LogP contribution in [-0.2, 0) is 9.47 Å². The van der Waals surface area contributed by atoms with Gasteiger partial charge in [0.1, 0.15) is 0 Å². The molecule has 1 saturated heterocycles. The summed E-state index contributed by atoms with van der Waals surface area (Å²) in [5, 5.41) is 2.95. The molecule has 0 aromatic rings. The molecular formula is C11H21N3O3. The van der Waals surface area contributed by atoms with Gasteiger partial charge in [0.05, 0.1) is 25.4 Å². The van der Waals surface area contributed by atoms with Crippen LogP contribution in [0.15, 0.2) is 0 Å². The van der Waals surface area contributed by atoms with E-state index in [1.54, 1.807) is 4.90 Å². The lowest BCUT2D eigenvalue weighted by Gasteiger charge is -2.43. The first-order valence-electron chi connectivity index (χ1n) is 6.22. The Morgan fingerprint density at radius 2 is 2.24 bits per heavy atom. The fourth-order valence-corrected chi connectivity index (χ4v) is 2.23. The minimum atomic E-state index is -0.0573. The Morgan fingerprint density at radius 1 is 1.53 bits per heavy atom. The average molecular weight is 243 g/mol. The molecule has 2 aliphatic rings. The topological polar surface area (TPSA) is 76.8 Å². The van der Waals surface area contributed by atoms with Gasteiger partial charge < -0.3 is 25.4 Å². The van der Waals surface area contributed by atoms with Gasteiger partial charge in [-0.2, -0.15) is 0 Å². The minimum Gasteiger partial charge on any atom is -0.378 e. The highest BCUT2D eigenvalue weighted by Crippen LogP contribution is 2.22. The Balaban J connectivity index is 1.80. The normalized spacial score (nSPS) is 33.1. The first-order valence-corrected chi connectivity index (χ1v) is 6.22. The van der Waals surface area contributed by atoms with E-state index in [9.17, 15) is 4.79 Å². The van der Waals surface area contributed by atoms with Crippen molar-refractivity contribution >= 4 is 6.03 Å². The number of morpholine rings is 1. The number of nitrogens with two attached hydrogens (primary N) is 1. The zero-order valence-electron chi connectivity index (χ0n) is 10.2. The van der Waals surface area contributed by atoms with E-state index >= 15 is 0 Å². The summed E-state index contributed by atoms with van der Waals surface area (Å²) < 4.78 is 10.7. The van der Waals surface area contributed by atoms with Crippen molar-refractivity contribution in [3.05, 3.63) is 0 Å². The second-order valence-corrected chi connectivity index (χ2v) is 4.47. The Kier molecular flexibility index (Phi) is 4.20. The summed E-state index contributed by atoms with van der Waals surface area (Å²) in [6.45, 7) is 5.12. The highest BCUT2D eigenvalue weighted by atomic mass is 16.5. The molecule has 3 N–H and O–H groups in total. The quantitative estimate of drug-likeness (QED) is 0.703. The molecule has 0 spiro atoms. The molecule has 1 heterocycles. The maximum absolute atomic E-state index is 11.9. The van der Waals surface area contributed by atoms with Crippen LogP contribution < -0.4 is 11.1 Å². The Morgan fingerprint density at radius 3 is 2.82 bits per heavy atom. The number of nitrogens with one attached hydrogen (secondary N) is 1. The standard InChI is InChI=1S/C11H21N3O3/c1-2-17-9-7-8(12)10(9)13-11(15)14-3-5-16-6-4-14/h8-10H,2-7,12H2,1H3,(H,13,15). The zero-order valence-corrected chi connectivity index (χ0v) is 10.2. The molecule has 1 saturated carbocycles. The van der Waals surface area contributed by atoms with Crippen LogP contribution in [0.5, 0.6) is 0 Å². The van der Waals surface area contributed by atoms with E-state index in [-0.39, 0.29) is 24.2 Å². The molecular weight excluding hydrogens is 222 g/mol. The number of ether oxygens (including phenoxy) is 2. The van der Waals surface area contributed by atoms with Gasteiger partial charge in [0.25, 0.3) is 0 Å². The van der Waals surface area contributed by atoms with Gasteiger partial charge in [0.15, 0.2) is 0 Å². The van der Waals surface area contributed by atoms with E-state index in [4.69, 9.17) is 15.2 Å². The maximum Gasteiger partial charge on any atom is 0.317 e. The molecule has 2 rings (SSSR count). The van der Waals surface area contributed by atoms with Crippen LogP contribution in [-0.4, -0.2) is 62.0 Å². The molecule has 1 aliphatic heterocycles. The number of rotatable bonds is 3. The zero-order chi connectivity index (χ0) is 12.3. The third kappa shape index (κ3) is 2.88. The average Bonchev–Trinajstić information content (AvgIpc) is 2.36. The van der Waals surface area contributed by atoms with Crippen LogP contribution in [0.2, 0.25) is 0 Å². The molecule has 0 aromatic carbocycles. The Labute approximate surface area is 101 Å². The smallest absolute Gasteiger partial charge is 0.317 e. The van der Waals surface area contributed by atoms with E-state index in [0.29, 0.717) is 32.9 Å². The first-order chi connectivity index (χ1) is 8.22. The van der Waals surface area contributed by atoms with E-state index in [1.165, 1.54) is 0 Å². The van der Waals surface area contributed by atoms with Crippen molar-refractivity contribution in [2.45, 2.75) is 31.5 Å². The van der Waals surface area contributed by atoms with Crippen LogP contribution in [0, 0.1) is 0 Å². The molecule has 98 valence electrons. The first kappa shape index (κ1) is 12.6. The molecule has 2 fully saturated rings. The summed E-state index contributed by atoms with van der Waals surface area (Å²) in [6, 6.07) is -0.0972. The lowest BCUT2D eigenvalue weighted by atomic mass is 9.83. The van der Waals surface area contributed by atoms with Gasteiger partial charge in [-0.25, -0.2) is 4.79 Å². The largest absolute Gasteiger partial charge is 0.378 e. The van der Waals surface area contributed by atoms with Crippen LogP contribution in [0.4, 0.5) is 4.79 Å². The third-order valence-corrected chi connectivity index (χ3v) is 3.34. The fourth-order valence-electron chi connectivity index (χ4n) is 2.23. The Hall–Kier alpha value is -0.850. The predicted molar refractivity (Wildman–Crippen MR) is 62.7 cm³/mol. The predicted octanol–water partition coefficient (Wildman–Crippen LogP) is -0.467. The molecule has 3 unspecified atom stereocenters. The molecule has 2 amide bonds. The second-order valence-electron chi connectivity index (χ2n) is 4.47. The molecule has 3 atom stereocenters. The summed E-state index contributed by atoms with van der Waals surface area (Å²) >= 11 is 0. The summed E-state index contributed by atoms with van der Waals surface area (Å²) in [5.41, 5.74) is 5.88. The summed E-state index contributed by atoms with van der Waals surface area (Å²) in [6.07, 6.45) is 0.891. The van der Waals surface area contributed by atoms with Gasteiger partial charge in [-0.1, -0.05) is 0 Å². The number of hydrogen-bond donors (Lipinski definition) is 2. The summed E-state index contributed by atoms with van der Waals surface area (Å²) in [4.78, 5) is 13.7. The molecule has 0 radical (unpaired) electrons. The highest BCUT2D eigenvalue weighted by Gasteiger charge is 2.41. The third-order valence-electron chi connectivity index (χ3n) is 3.34. The molecule has 17 heavy (non-hydrogen) atoms. The number of carbonyl (C=O) groups excluding carboxylic acids is 1. The monoisotopic (exact) mass is 243 g/mol. The molecule has 6 heteroatoms. The fraction of sp³-hybridized carbons (Fsp3) is 0.909.